The van der Waals surface area contributed by atoms with E-state index < -0.39 is 22.5 Å². The van der Waals surface area contributed by atoms with Gasteiger partial charge in [0.2, 0.25) is 5.91 Å². The molecule has 6 nitrogen and oxygen atoms in total. The number of nitrogens with zero attached hydrogens (tertiary/aromatic N) is 1. The predicted octanol–water partition coefficient (Wildman–Crippen LogP) is 4.38. The highest BCUT2D eigenvalue weighted by molar-refractivity contribution is 7.92. The predicted molar refractivity (Wildman–Crippen MR) is 122 cm³/mol. The van der Waals surface area contributed by atoms with E-state index in [0.717, 1.165) is 4.31 Å². The van der Waals surface area contributed by atoms with Crippen molar-refractivity contribution in [3.05, 3.63) is 88.9 Å². The molecule has 3 aromatic carbocycles. The van der Waals surface area contributed by atoms with Crippen LogP contribution in [0.1, 0.15) is 0 Å². The monoisotopic (exact) mass is 478 g/mol. The lowest BCUT2D eigenvalue weighted by molar-refractivity contribution is -0.119. The molecule has 0 unspecified atom stereocenters. The number of rotatable bonds is 9. The second kappa shape index (κ2) is 10.5. The zero-order chi connectivity index (χ0) is 22.3. The Morgan fingerprint density at radius 3 is 2.23 bits per heavy atom. The van der Waals surface area contributed by atoms with Crippen molar-refractivity contribution in [2.45, 2.75) is 4.90 Å². The summed E-state index contributed by atoms with van der Waals surface area (Å²) < 4.78 is 33.0. The number of carbonyl (C=O) groups is 1. The van der Waals surface area contributed by atoms with Crippen LogP contribution in [-0.2, 0) is 14.8 Å². The van der Waals surface area contributed by atoms with Gasteiger partial charge >= 0.3 is 0 Å². The number of carbonyl (C=O) groups excluding carboxylic acids is 1. The van der Waals surface area contributed by atoms with Crippen LogP contribution in [-0.4, -0.2) is 34.0 Å². The van der Waals surface area contributed by atoms with Gasteiger partial charge in [0.15, 0.2) is 0 Å². The molecule has 162 valence electrons. The topological polar surface area (TPSA) is 75.7 Å². The van der Waals surface area contributed by atoms with Crippen molar-refractivity contribution in [2.24, 2.45) is 0 Å². The van der Waals surface area contributed by atoms with E-state index in [-0.39, 0.29) is 28.8 Å². The van der Waals surface area contributed by atoms with Gasteiger partial charge in [-0.15, -0.1) is 0 Å². The van der Waals surface area contributed by atoms with Crippen molar-refractivity contribution in [1.29, 1.82) is 0 Å². The molecular weight excluding hydrogens is 459 g/mol. The summed E-state index contributed by atoms with van der Waals surface area (Å²) in [6.07, 6.45) is 0. The fourth-order valence-corrected chi connectivity index (χ4v) is 4.79. The standard InChI is InChI=1S/C22H20Cl2N2O4S/c23-17-11-12-21(20(24)15-17)26(31(28,29)19-9-5-2-6-10-19)16-22(27)25-13-14-30-18-7-3-1-4-8-18/h1-12,15H,13-14,16H2,(H,25,27). The van der Waals surface area contributed by atoms with Gasteiger partial charge in [0.1, 0.15) is 18.9 Å². The van der Waals surface area contributed by atoms with Crippen LogP contribution in [0.5, 0.6) is 5.75 Å². The van der Waals surface area contributed by atoms with E-state index in [0.29, 0.717) is 10.8 Å². The number of ether oxygens (including phenoxy) is 1. The van der Waals surface area contributed by atoms with Crippen LogP contribution in [0.2, 0.25) is 10.0 Å². The molecule has 0 saturated heterocycles. The second-order valence-corrected chi connectivity index (χ2v) is 9.14. The molecule has 1 N–H and O–H groups in total. The molecule has 0 radical (unpaired) electrons. The van der Waals surface area contributed by atoms with Gasteiger partial charge in [0.05, 0.1) is 22.2 Å². The lowest BCUT2D eigenvalue weighted by atomic mass is 10.3. The van der Waals surface area contributed by atoms with Crippen LogP contribution in [0.15, 0.2) is 83.8 Å². The highest BCUT2D eigenvalue weighted by Gasteiger charge is 2.28. The summed E-state index contributed by atoms with van der Waals surface area (Å²) in [5.74, 6) is 0.181. The summed E-state index contributed by atoms with van der Waals surface area (Å²) in [6.45, 7) is -0.00584. The lowest BCUT2D eigenvalue weighted by Crippen LogP contribution is -2.42. The molecule has 0 aliphatic carbocycles. The molecule has 0 saturated carbocycles. The highest BCUT2D eigenvalue weighted by Crippen LogP contribution is 2.32. The van der Waals surface area contributed by atoms with Gasteiger partial charge in [-0.3, -0.25) is 9.10 Å². The number of nitrogens with one attached hydrogen (secondary N) is 1. The zero-order valence-corrected chi connectivity index (χ0v) is 18.7. The molecule has 0 aliphatic heterocycles. The van der Waals surface area contributed by atoms with Crippen molar-refractivity contribution in [2.75, 3.05) is 24.0 Å². The summed E-state index contributed by atoms with van der Waals surface area (Å²) >= 11 is 12.2. The Balaban J connectivity index is 1.74. The Kier molecular flexibility index (Phi) is 7.79. The van der Waals surface area contributed by atoms with E-state index in [9.17, 15) is 13.2 Å². The summed E-state index contributed by atoms with van der Waals surface area (Å²) in [5.41, 5.74) is 0.158. The molecule has 0 aliphatic rings. The van der Waals surface area contributed by atoms with E-state index in [2.05, 4.69) is 5.32 Å². The molecule has 0 bridgehead atoms. The average Bonchev–Trinajstić information content (AvgIpc) is 2.77. The minimum atomic E-state index is -4.04. The van der Waals surface area contributed by atoms with Gasteiger partial charge in [-0.05, 0) is 42.5 Å². The first-order valence-corrected chi connectivity index (χ1v) is 11.5. The molecule has 0 spiro atoms. The molecule has 0 atom stereocenters. The van der Waals surface area contributed by atoms with Crippen LogP contribution in [0.3, 0.4) is 0 Å². The largest absolute Gasteiger partial charge is 0.492 e. The van der Waals surface area contributed by atoms with Gasteiger partial charge in [0, 0.05) is 5.02 Å². The maximum atomic E-state index is 13.3. The third-order valence-corrected chi connectivity index (χ3v) is 6.54. The average molecular weight is 479 g/mol. The number of hydrogen-bond acceptors (Lipinski definition) is 4. The van der Waals surface area contributed by atoms with Crippen LogP contribution in [0.25, 0.3) is 0 Å². The number of anilines is 1. The van der Waals surface area contributed by atoms with E-state index in [1.54, 1.807) is 30.3 Å². The van der Waals surface area contributed by atoms with Crippen molar-refractivity contribution < 1.29 is 17.9 Å². The molecule has 3 aromatic rings. The summed E-state index contributed by atoms with van der Waals surface area (Å²) in [5, 5.41) is 3.14. The Morgan fingerprint density at radius 2 is 1.58 bits per heavy atom. The normalized spacial score (nSPS) is 11.0. The fourth-order valence-electron chi connectivity index (χ4n) is 2.77. The summed E-state index contributed by atoms with van der Waals surface area (Å²) in [7, 11) is -4.04. The van der Waals surface area contributed by atoms with Crippen molar-refractivity contribution in [3.63, 3.8) is 0 Å². The van der Waals surface area contributed by atoms with Gasteiger partial charge in [-0.1, -0.05) is 59.6 Å². The highest BCUT2D eigenvalue weighted by atomic mass is 35.5. The van der Waals surface area contributed by atoms with Gasteiger partial charge < -0.3 is 10.1 Å². The van der Waals surface area contributed by atoms with Gasteiger partial charge in [-0.2, -0.15) is 0 Å². The van der Waals surface area contributed by atoms with Gasteiger partial charge in [-0.25, -0.2) is 8.42 Å². The van der Waals surface area contributed by atoms with E-state index in [1.807, 2.05) is 18.2 Å². The van der Waals surface area contributed by atoms with E-state index in [1.165, 1.54) is 30.3 Å². The van der Waals surface area contributed by atoms with E-state index in [4.69, 9.17) is 27.9 Å². The van der Waals surface area contributed by atoms with Crippen LogP contribution in [0.4, 0.5) is 5.69 Å². The third-order valence-electron chi connectivity index (χ3n) is 4.23. The SMILES string of the molecule is O=C(CN(c1ccc(Cl)cc1Cl)S(=O)(=O)c1ccccc1)NCCOc1ccccc1. The Labute approximate surface area is 191 Å². The fraction of sp³-hybridized carbons (Fsp3) is 0.136. The molecule has 0 aromatic heterocycles. The van der Waals surface area contributed by atoms with E-state index >= 15 is 0 Å². The van der Waals surface area contributed by atoms with Crippen LogP contribution in [0, 0.1) is 0 Å². The number of hydrogen-bond donors (Lipinski definition) is 1. The minimum Gasteiger partial charge on any atom is -0.492 e. The number of para-hydroxylation sites is 1. The Bertz CT molecular complexity index is 1130. The summed E-state index contributed by atoms with van der Waals surface area (Å²) in [4.78, 5) is 12.6. The van der Waals surface area contributed by atoms with Crippen molar-refractivity contribution >= 4 is 44.8 Å². The number of halogens is 2. The Morgan fingerprint density at radius 1 is 0.935 bits per heavy atom. The third kappa shape index (κ3) is 6.13. The van der Waals surface area contributed by atoms with Gasteiger partial charge in [0.25, 0.3) is 10.0 Å². The molecule has 9 heteroatoms. The Hall–Kier alpha value is -2.74. The molecule has 3 rings (SSSR count). The number of sulfonamides is 1. The first-order chi connectivity index (χ1) is 14.9. The molecule has 31 heavy (non-hydrogen) atoms. The minimum absolute atomic E-state index is 0.0428. The quantitative estimate of drug-likeness (QED) is 0.462. The summed E-state index contributed by atoms with van der Waals surface area (Å²) in [6, 6.07) is 21.4. The smallest absolute Gasteiger partial charge is 0.264 e. The van der Waals surface area contributed by atoms with Crippen molar-refractivity contribution in [1.82, 2.24) is 5.32 Å². The number of benzene rings is 3. The number of amides is 1. The lowest BCUT2D eigenvalue weighted by Gasteiger charge is -2.25. The molecule has 0 heterocycles. The maximum Gasteiger partial charge on any atom is 0.264 e. The molecule has 1 amide bonds. The first kappa shape index (κ1) is 22.9. The molecular formula is C22H20Cl2N2O4S. The van der Waals surface area contributed by atoms with Crippen LogP contribution < -0.4 is 14.4 Å². The zero-order valence-electron chi connectivity index (χ0n) is 16.4. The molecule has 0 fully saturated rings. The first-order valence-electron chi connectivity index (χ1n) is 9.35. The maximum absolute atomic E-state index is 13.3. The van der Waals surface area contributed by atoms with Crippen LogP contribution >= 0.6 is 23.2 Å². The van der Waals surface area contributed by atoms with Crippen molar-refractivity contribution in [3.8, 4) is 5.75 Å². The second-order valence-electron chi connectivity index (χ2n) is 6.43.